The first kappa shape index (κ1) is 16.7. The van der Waals surface area contributed by atoms with E-state index in [4.69, 9.17) is 0 Å². The molecule has 1 atom stereocenters. The summed E-state index contributed by atoms with van der Waals surface area (Å²) in [4.78, 5) is 39.6. The summed E-state index contributed by atoms with van der Waals surface area (Å²) in [5.41, 5.74) is 2.28. The summed E-state index contributed by atoms with van der Waals surface area (Å²) < 4.78 is 13.9. The van der Waals surface area contributed by atoms with Gasteiger partial charge in [0.1, 0.15) is 5.69 Å². The Labute approximate surface area is 142 Å². The normalized spacial score (nSPS) is 21.8. The third-order valence-corrected chi connectivity index (χ3v) is 4.59. The molecule has 0 aliphatic carbocycles. The molecular formula is C15H18FN5O2S. The van der Waals surface area contributed by atoms with Gasteiger partial charge in [-0.15, -0.1) is 11.3 Å². The molecule has 0 N–H and O–H groups in total. The second-order valence-electron chi connectivity index (χ2n) is 5.96. The fourth-order valence-electron chi connectivity index (χ4n) is 2.63. The molecule has 3 heterocycles. The topological polar surface area (TPSA) is 78.2 Å². The van der Waals surface area contributed by atoms with Gasteiger partial charge >= 0.3 is 0 Å². The van der Waals surface area contributed by atoms with Crippen LogP contribution in [0.1, 0.15) is 24.3 Å². The van der Waals surface area contributed by atoms with Crippen molar-refractivity contribution in [1.82, 2.24) is 14.8 Å². The number of carbonyl (C=O) groups is 2. The van der Waals surface area contributed by atoms with E-state index in [-0.39, 0.29) is 23.5 Å². The van der Waals surface area contributed by atoms with Crippen molar-refractivity contribution in [2.24, 2.45) is 15.9 Å². The monoisotopic (exact) mass is 351 g/mol. The van der Waals surface area contributed by atoms with Crippen molar-refractivity contribution in [1.29, 1.82) is 0 Å². The molecule has 24 heavy (non-hydrogen) atoms. The maximum Gasteiger partial charge on any atom is 0.289 e. The molecule has 0 spiro atoms. The minimum absolute atomic E-state index is 0.104. The van der Waals surface area contributed by atoms with E-state index in [2.05, 4.69) is 15.0 Å². The highest BCUT2D eigenvalue weighted by Crippen LogP contribution is 2.16. The van der Waals surface area contributed by atoms with Crippen LogP contribution in [0.25, 0.3) is 0 Å². The number of piperazine rings is 1. The number of rotatable bonds is 2. The number of thiazole rings is 1. The molecule has 1 aromatic heterocycles. The number of aromatic nitrogens is 1. The Morgan fingerprint density at radius 3 is 2.58 bits per heavy atom. The lowest BCUT2D eigenvalue weighted by Gasteiger charge is -2.35. The lowest BCUT2D eigenvalue weighted by atomic mass is 10.0. The van der Waals surface area contributed by atoms with Crippen LogP contribution in [-0.4, -0.2) is 70.6 Å². The van der Waals surface area contributed by atoms with Crippen LogP contribution in [0, 0.1) is 5.92 Å². The van der Waals surface area contributed by atoms with Crippen LogP contribution in [0.15, 0.2) is 20.9 Å². The first-order valence-corrected chi connectivity index (χ1v) is 8.69. The second kappa shape index (κ2) is 6.76. The van der Waals surface area contributed by atoms with E-state index >= 15 is 0 Å². The first-order chi connectivity index (χ1) is 11.5. The van der Waals surface area contributed by atoms with Crippen molar-refractivity contribution in [2.75, 3.05) is 26.2 Å². The molecule has 0 bridgehead atoms. The Morgan fingerprint density at radius 1 is 1.29 bits per heavy atom. The number of carbonyl (C=O) groups excluding carboxylic acids is 2. The van der Waals surface area contributed by atoms with E-state index in [9.17, 15) is 14.0 Å². The summed E-state index contributed by atoms with van der Waals surface area (Å²) >= 11 is 1.38. The number of nitrogens with zero attached hydrogens (tertiary/aromatic N) is 5. The van der Waals surface area contributed by atoms with E-state index in [0.29, 0.717) is 31.9 Å². The summed E-state index contributed by atoms with van der Waals surface area (Å²) in [6.07, 6.45) is -1.75. The quantitative estimate of drug-likeness (QED) is 0.803. The van der Waals surface area contributed by atoms with Gasteiger partial charge in [0.25, 0.3) is 11.8 Å². The standard InChI is InChI=1S/C15H18FN5O2S/c1-9(2)12-11(16)13(22)19-15(18-12)21-5-3-20(4-6-21)14(23)10-7-24-8-17-10/h7-9,11H,3-6H2,1-2H3. The molecule has 2 aliphatic rings. The molecule has 2 amide bonds. The molecule has 1 aromatic rings. The molecule has 7 nitrogen and oxygen atoms in total. The number of aliphatic imine (C=N–C) groups is 2. The van der Waals surface area contributed by atoms with Gasteiger partial charge in [-0.25, -0.2) is 14.4 Å². The maximum absolute atomic E-state index is 13.9. The molecule has 0 saturated carbocycles. The van der Waals surface area contributed by atoms with Gasteiger partial charge in [0.2, 0.25) is 12.1 Å². The number of hydrogen-bond acceptors (Lipinski definition) is 6. The molecule has 2 aliphatic heterocycles. The maximum atomic E-state index is 13.9. The number of alkyl halides is 1. The van der Waals surface area contributed by atoms with Crippen LogP contribution in [0.4, 0.5) is 4.39 Å². The number of hydrogen-bond donors (Lipinski definition) is 0. The van der Waals surface area contributed by atoms with Crippen LogP contribution < -0.4 is 0 Å². The molecule has 9 heteroatoms. The molecule has 1 unspecified atom stereocenters. The fourth-order valence-corrected chi connectivity index (χ4v) is 3.16. The van der Waals surface area contributed by atoms with Gasteiger partial charge in [0.15, 0.2) is 0 Å². The van der Waals surface area contributed by atoms with E-state index < -0.39 is 12.1 Å². The Morgan fingerprint density at radius 2 is 2.00 bits per heavy atom. The van der Waals surface area contributed by atoms with Gasteiger partial charge in [-0.2, -0.15) is 4.99 Å². The van der Waals surface area contributed by atoms with Gasteiger partial charge < -0.3 is 9.80 Å². The predicted octanol–water partition coefficient (Wildman–Crippen LogP) is 1.23. The molecular weight excluding hydrogens is 333 g/mol. The highest BCUT2D eigenvalue weighted by molar-refractivity contribution is 7.07. The van der Waals surface area contributed by atoms with Crippen LogP contribution in [0.2, 0.25) is 0 Å². The molecule has 0 aromatic carbocycles. The van der Waals surface area contributed by atoms with Crippen molar-refractivity contribution in [2.45, 2.75) is 20.0 Å². The van der Waals surface area contributed by atoms with Crippen molar-refractivity contribution < 1.29 is 14.0 Å². The molecule has 3 rings (SSSR count). The largest absolute Gasteiger partial charge is 0.337 e. The van der Waals surface area contributed by atoms with Crippen LogP contribution >= 0.6 is 11.3 Å². The summed E-state index contributed by atoms with van der Waals surface area (Å²) in [6.45, 7) is 5.55. The Hall–Kier alpha value is -2.16. The number of amides is 2. The third kappa shape index (κ3) is 3.21. The average Bonchev–Trinajstić information content (AvgIpc) is 3.11. The SMILES string of the molecule is CC(C)C1=NC(N2CCN(C(=O)c3cscn3)CC2)=NC(=O)C1F. The van der Waals surface area contributed by atoms with Crippen molar-refractivity contribution >= 4 is 34.8 Å². The van der Waals surface area contributed by atoms with Gasteiger partial charge in [-0.1, -0.05) is 13.8 Å². The van der Waals surface area contributed by atoms with Gasteiger partial charge in [-0.3, -0.25) is 9.59 Å². The summed E-state index contributed by atoms with van der Waals surface area (Å²) in [5, 5.41) is 1.72. The lowest BCUT2D eigenvalue weighted by molar-refractivity contribution is -0.120. The minimum atomic E-state index is -1.75. The van der Waals surface area contributed by atoms with Crippen molar-refractivity contribution in [3.63, 3.8) is 0 Å². The van der Waals surface area contributed by atoms with E-state index in [1.807, 2.05) is 4.90 Å². The highest BCUT2D eigenvalue weighted by atomic mass is 32.1. The fraction of sp³-hybridized carbons (Fsp3) is 0.533. The number of halogens is 1. The van der Waals surface area contributed by atoms with Crippen LogP contribution in [0.5, 0.6) is 0 Å². The van der Waals surface area contributed by atoms with Crippen LogP contribution in [0.3, 0.4) is 0 Å². The summed E-state index contributed by atoms with van der Waals surface area (Å²) in [6, 6.07) is 0. The first-order valence-electron chi connectivity index (χ1n) is 7.75. The zero-order valence-corrected chi connectivity index (χ0v) is 14.3. The van der Waals surface area contributed by atoms with Gasteiger partial charge in [0, 0.05) is 31.6 Å². The van der Waals surface area contributed by atoms with Gasteiger partial charge in [-0.05, 0) is 5.92 Å². The predicted molar refractivity (Wildman–Crippen MR) is 89.2 cm³/mol. The van der Waals surface area contributed by atoms with Crippen LogP contribution in [-0.2, 0) is 4.79 Å². The second-order valence-corrected chi connectivity index (χ2v) is 6.68. The smallest absolute Gasteiger partial charge is 0.289 e. The van der Waals surface area contributed by atoms with Crippen molar-refractivity contribution in [3.8, 4) is 0 Å². The molecule has 1 saturated heterocycles. The summed E-state index contributed by atoms with van der Waals surface area (Å²) in [5.74, 6) is -0.822. The Balaban J connectivity index is 1.67. The Kier molecular flexibility index (Phi) is 4.70. The van der Waals surface area contributed by atoms with Gasteiger partial charge in [0.05, 0.1) is 11.2 Å². The lowest BCUT2D eigenvalue weighted by Crippen LogP contribution is -2.51. The van der Waals surface area contributed by atoms with E-state index in [1.54, 1.807) is 29.6 Å². The summed E-state index contributed by atoms with van der Waals surface area (Å²) in [7, 11) is 0. The van der Waals surface area contributed by atoms with E-state index in [1.165, 1.54) is 11.3 Å². The number of guanidine groups is 1. The molecule has 0 radical (unpaired) electrons. The van der Waals surface area contributed by atoms with Crippen molar-refractivity contribution in [3.05, 3.63) is 16.6 Å². The zero-order valence-electron chi connectivity index (χ0n) is 13.5. The third-order valence-electron chi connectivity index (χ3n) is 4.01. The minimum Gasteiger partial charge on any atom is -0.337 e. The molecule has 128 valence electrons. The Bertz CT molecular complexity index is 693. The molecule has 1 fully saturated rings. The highest BCUT2D eigenvalue weighted by Gasteiger charge is 2.33. The zero-order chi connectivity index (χ0) is 17.3. The van der Waals surface area contributed by atoms with E-state index in [0.717, 1.165) is 0 Å². The average molecular weight is 351 g/mol.